The van der Waals surface area contributed by atoms with E-state index >= 15 is 0 Å². The number of aromatic hydroxyl groups is 2. The Bertz CT molecular complexity index is 172. The van der Waals surface area contributed by atoms with Gasteiger partial charge in [0.15, 0.2) is 11.5 Å². The van der Waals surface area contributed by atoms with Crippen LogP contribution in [0.15, 0.2) is 24.3 Å². The van der Waals surface area contributed by atoms with E-state index in [1.165, 1.54) is 12.1 Å². The number of hydrogen-bond acceptors (Lipinski definition) is 2. The average molecular weight is 201 g/mol. The highest BCUT2D eigenvalue weighted by Gasteiger charge is 1.90. The molecule has 1 aromatic carbocycles. The lowest BCUT2D eigenvalue weighted by Crippen LogP contribution is -3.00. The summed E-state index contributed by atoms with van der Waals surface area (Å²) >= 11 is 0. The molecule has 0 aliphatic heterocycles. The van der Waals surface area contributed by atoms with Crippen LogP contribution in [0.25, 0.3) is 0 Å². The maximum Gasteiger partial charge on any atom is 0.157 e. The second-order valence-corrected chi connectivity index (χ2v) is 1.49. The van der Waals surface area contributed by atoms with Crippen molar-refractivity contribution in [3.05, 3.63) is 24.3 Å². The third kappa shape index (κ3) is 2.78. The van der Waals surface area contributed by atoms with Gasteiger partial charge >= 0.3 is 0 Å². The highest BCUT2D eigenvalue weighted by Crippen LogP contribution is 2.21. The summed E-state index contributed by atoms with van der Waals surface area (Å²) in [5.74, 6) is -0.153. The lowest BCUT2D eigenvalue weighted by atomic mass is 10.3. The van der Waals surface area contributed by atoms with Crippen LogP contribution >= 0.6 is 0 Å². The predicted molar refractivity (Wildman–Crippen MR) is 35.5 cm³/mol. The molecule has 2 N–H and O–H groups in total. The second kappa shape index (κ2) is 5.17. The first-order valence-corrected chi connectivity index (χ1v) is 2.27. The van der Waals surface area contributed by atoms with E-state index in [1.807, 2.05) is 0 Å². The molecule has 0 saturated carbocycles. The molecule has 2 nitrogen and oxygen atoms in total. The minimum atomic E-state index is -0.0764. The quantitative estimate of drug-likeness (QED) is 0.366. The van der Waals surface area contributed by atoms with Crippen LogP contribution in [0.2, 0.25) is 0 Å². The van der Waals surface area contributed by atoms with E-state index in [2.05, 4.69) is 0 Å². The van der Waals surface area contributed by atoms with Gasteiger partial charge in [-0.1, -0.05) is 12.1 Å². The fourth-order valence-electron chi connectivity index (χ4n) is 0.464. The summed E-state index contributed by atoms with van der Waals surface area (Å²) < 4.78 is 0. The summed E-state index contributed by atoms with van der Waals surface area (Å²) in [4.78, 5) is 0. The minimum Gasteiger partial charge on any atom is -1.00 e. The Morgan fingerprint density at radius 1 is 0.900 bits per heavy atom. The van der Waals surface area contributed by atoms with Crippen molar-refractivity contribution in [1.82, 2.24) is 0 Å². The third-order valence-corrected chi connectivity index (χ3v) is 0.882. The zero-order valence-electron chi connectivity index (χ0n) is 5.16. The fourth-order valence-corrected chi connectivity index (χ4v) is 0.464. The van der Waals surface area contributed by atoms with Crippen LogP contribution in [0.3, 0.4) is 0 Å². The van der Waals surface area contributed by atoms with E-state index in [0.717, 1.165) is 0 Å². The van der Waals surface area contributed by atoms with Gasteiger partial charge in [-0.15, -0.1) is 0 Å². The third-order valence-electron chi connectivity index (χ3n) is 0.882. The first-order chi connectivity index (χ1) is 3.80. The van der Waals surface area contributed by atoms with Gasteiger partial charge in [-0.05, 0) is 12.1 Å². The largest absolute Gasteiger partial charge is 1.00 e. The lowest BCUT2D eigenvalue weighted by molar-refractivity contribution is -0.00000359. The Balaban J connectivity index is 0. The van der Waals surface area contributed by atoms with Crippen molar-refractivity contribution in [2.24, 2.45) is 0 Å². The fraction of sp³-hybridized carbons (Fsp3) is 0. The molecule has 3 radical (unpaired) electrons. The van der Waals surface area contributed by atoms with Crippen molar-refractivity contribution in [3.8, 4) is 11.5 Å². The standard InChI is InChI=1S/C6H6O2.B.BrH/c7-5-3-1-2-4-6(5)8;;/h1-4,7-8H;;1H/p-1. The molecule has 4 heteroatoms. The summed E-state index contributed by atoms with van der Waals surface area (Å²) in [6, 6.07) is 6.15. The smallest absolute Gasteiger partial charge is 0.157 e. The topological polar surface area (TPSA) is 40.5 Å². The normalized spacial score (nSPS) is 7.20. The van der Waals surface area contributed by atoms with E-state index in [4.69, 9.17) is 10.2 Å². The number of para-hydroxylation sites is 2. The summed E-state index contributed by atoms with van der Waals surface area (Å²) in [5.41, 5.74) is 0. The van der Waals surface area contributed by atoms with Gasteiger partial charge in [0.25, 0.3) is 0 Å². The monoisotopic (exact) mass is 200 g/mol. The van der Waals surface area contributed by atoms with Gasteiger partial charge < -0.3 is 27.2 Å². The van der Waals surface area contributed by atoms with E-state index in [0.29, 0.717) is 0 Å². The van der Waals surface area contributed by atoms with Gasteiger partial charge in [0, 0.05) is 8.41 Å². The molecule has 0 aromatic heterocycles. The van der Waals surface area contributed by atoms with E-state index < -0.39 is 0 Å². The molecule has 1 rings (SSSR count). The van der Waals surface area contributed by atoms with Gasteiger partial charge in [-0.3, -0.25) is 0 Å². The molecule has 0 fully saturated rings. The number of rotatable bonds is 0. The van der Waals surface area contributed by atoms with Crippen LogP contribution in [0, 0.1) is 0 Å². The highest BCUT2D eigenvalue weighted by molar-refractivity contribution is 5.75. The van der Waals surface area contributed by atoms with E-state index in [9.17, 15) is 0 Å². The molecule has 0 aliphatic rings. The van der Waals surface area contributed by atoms with Crippen molar-refractivity contribution in [1.29, 1.82) is 0 Å². The molecule has 1 aromatic rings. The van der Waals surface area contributed by atoms with Crippen LogP contribution in [0.4, 0.5) is 0 Å². The molecule has 0 spiro atoms. The van der Waals surface area contributed by atoms with Gasteiger partial charge in [-0.2, -0.15) is 0 Å². The summed E-state index contributed by atoms with van der Waals surface area (Å²) in [6.07, 6.45) is 0. The Hall–Kier alpha value is -0.635. The van der Waals surface area contributed by atoms with Crippen molar-refractivity contribution < 1.29 is 27.2 Å². The molecular weight excluding hydrogens is 195 g/mol. The van der Waals surface area contributed by atoms with Crippen LogP contribution < -0.4 is 17.0 Å². The SMILES string of the molecule is Oc1ccccc1O.[B].[Br-]. The summed E-state index contributed by atoms with van der Waals surface area (Å²) in [7, 11) is 0. The zero-order chi connectivity index (χ0) is 5.98. The number of phenolic OH excluding ortho intramolecular Hbond substituents is 2. The second-order valence-electron chi connectivity index (χ2n) is 1.49. The first-order valence-electron chi connectivity index (χ1n) is 2.27. The van der Waals surface area contributed by atoms with Crippen LogP contribution in [0.5, 0.6) is 11.5 Å². The van der Waals surface area contributed by atoms with Crippen LogP contribution in [0.1, 0.15) is 0 Å². The van der Waals surface area contributed by atoms with Crippen LogP contribution in [-0.4, -0.2) is 18.6 Å². The van der Waals surface area contributed by atoms with Crippen molar-refractivity contribution in [3.63, 3.8) is 0 Å². The molecule has 53 valence electrons. The van der Waals surface area contributed by atoms with Gasteiger partial charge in [0.1, 0.15) is 0 Å². The molecule has 0 amide bonds. The Morgan fingerprint density at radius 3 is 1.40 bits per heavy atom. The Morgan fingerprint density at radius 2 is 1.20 bits per heavy atom. The number of phenols is 2. The van der Waals surface area contributed by atoms with E-state index in [-0.39, 0.29) is 36.9 Å². The summed E-state index contributed by atoms with van der Waals surface area (Å²) in [6.45, 7) is 0. The number of hydrogen-bond donors (Lipinski definition) is 2. The van der Waals surface area contributed by atoms with Crippen molar-refractivity contribution >= 4 is 8.41 Å². The minimum absolute atomic E-state index is 0. The highest BCUT2D eigenvalue weighted by atomic mass is 79.9. The molecule has 0 bridgehead atoms. The maximum absolute atomic E-state index is 8.67. The molecule has 0 heterocycles. The van der Waals surface area contributed by atoms with Gasteiger partial charge in [0.05, 0.1) is 0 Å². The molecular formula is C6H6BBrO2-. The molecule has 10 heavy (non-hydrogen) atoms. The van der Waals surface area contributed by atoms with Gasteiger partial charge in [0.2, 0.25) is 0 Å². The van der Waals surface area contributed by atoms with E-state index in [1.54, 1.807) is 12.1 Å². The molecule has 0 atom stereocenters. The van der Waals surface area contributed by atoms with Gasteiger partial charge in [-0.25, -0.2) is 0 Å². The van der Waals surface area contributed by atoms with Crippen molar-refractivity contribution in [2.75, 3.05) is 0 Å². The Labute approximate surface area is 71.9 Å². The molecule has 0 unspecified atom stereocenters. The summed E-state index contributed by atoms with van der Waals surface area (Å²) in [5, 5.41) is 17.3. The molecule has 0 aliphatic carbocycles. The average Bonchev–Trinajstić information content (AvgIpc) is 1.77. The van der Waals surface area contributed by atoms with Crippen LogP contribution in [-0.2, 0) is 0 Å². The maximum atomic E-state index is 8.67. The number of benzene rings is 1. The predicted octanol–water partition coefficient (Wildman–Crippen LogP) is -2.28. The zero-order valence-corrected chi connectivity index (χ0v) is 6.75. The lowest BCUT2D eigenvalue weighted by Gasteiger charge is -1.91. The molecule has 0 saturated heterocycles. The first kappa shape index (κ1) is 12.1. The van der Waals surface area contributed by atoms with Crippen molar-refractivity contribution in [2.45, 2.75) is 0 Å². The Kier molecular flexibility index (Phi) is 6.25. The number of halogens is 1.